The highest BCUT2D eigenvalue weighted by atomic mass is 35.5. The van der Waals surface area contributed by atoms with E-state index < -0.39 is 0 Å². The van der Waals surface area contributed by atoms with E-state index in [0.717, 1.165) is 10.9 Å². The average Bonchev–Trinajstić information content (AvgIpc) is 2.29. The van der Waals surface area contributed by atoms with E-state index in [1.165, 1.54) is 5.69 Å². The summed E-state index contributed by atoms with van der Waals surface area (Å²) in [6.07, 6.45) is 3.50. The second kappa shape index (κ2) is 2.49. The van der Waals surface area contributed by atoms with E-state index >= 15 is 0 Å². The minimum absolute atomic E-state index is 0.711. The van der Waals surface area contributed by atoms with Crippen LogP contribution in [0.2, 0.25) is 5.02 Å². The average molecular weight is 181 g/mol. The predicted octanol–water partition coefficient (Wildman–Crippen LogP) is 2.54. The number of aromatic nitrogens is 2. The van der Waals surface area contributed by atoms with Crippen molar-refractivity contribution in [2.45, 2.75) is 6.92 Å². The third-order valence-corrected chi connectivity index (χ3v) is 2.41. The normalized spacial score (nSPS) is 10.9. The van der Waals surface area contributed by atoms with Crippen molar-refractivity contribution in [1.82, 2.24) is 9.55 Å². The molecule has 0 fully saturated rings. The maximum absolute atomic E-state index is 5.99. The van der Waals surface area contributed by atoms with Gasteiger partial charge in [-0.15, -0.1) is 0 Å². The van der Waals surface area contributed by atoms with E-state index in [-0.39, 0.29) is 0 Å². The number of halogens is 1. The van der Waals surface area contributed by atoms with Crippen molar-refractivity contribution in [1.29, 1.82) is 0 Å². The summed E-state index contributed by atoms with van der Waals surface area (Å²) in [6, 6.07) is 2.08. The molecule has 0 radical (unpaired) electrons. The van der Waals surface area contributed by atoms with Crippen LogP contribution in [0, 0.1) is 6.92 Å². The van der Waals surface area contributed by atoms with Gasteiger partial charge in [-0.1, -0.05) is 11.6 Å². The Kier molecular flexibility index (Phi) is 1.58. The fraction of sp³-hybridized carbons (Fsp3) is 0.222. The Hall–Kier alpha value is -1.02. The lowest BCUT2D eigenvalue weighted by Gasteiger charge is -1.99. The highest BCUT2D eigenvalue weighted by molar-refractivity contribution is 6.34. The van der Waals surface area contributed by atoms with Crippen molar-refractivity contribution >= 4 is 22.5 Å². The molecule has 3 heteroatoms. The summed E-state index contributed by atoms with van der Waals surface area (Å²) in [6.45, 7) is 2.05. The van der Waals surface area contributed by atoms with Gasteiger partial charge in [0.25, 0.3) is 0 Å². The van der Waals surface area contributed by atoms with E-state index in [9.17, 15) is 0 Å². The molecule has 0 unspecified atom stereocenters. The Bertz CT molecular complexity index is 431. The molecule has 2 aromatic heterocycles. The van der Waals surface area contributed by atoms with Gasteiger partial charge in [0.15, 0.2) is 0 Å². The van der Waals surface area contributed by atoms with Gasteiger partial charge in [-0.25, -0.2) is 0 Å². The van der Waals surface area contributed by atoms with Crippen molar-refractivity contribution in [3.63, 3.8) is 0 Å². The van der Waals surface area contributed by atoms with Gasteiger partial charge in [-0.3, -0.25) is 4.98 Å². The van der Waals surface area contributed by atoms with Gasteiger partial charge in [0.05, 0.1) is 10.5 Å². The molecule has 0 aliphatic rings. The first kappa shape index (κ1) is 7.62. The number of aryl methyl sites for hydroxylation is 2. The van der Waals surface area contributed by atoms with E-state index in [2.05, 4.69) is 22.5 Å². The molecule has 0 saturated heterocycles. The summed E-state index contributed by atoms with van der Waals surface area (Å²) in [5.74, 6) is 0. The van der Waals surface area contributed by atoms with Gasteiger partial charge in [0.1, 0.15) is 0 Å². The Morgan fingerprint density at radius 2 is 2.17 bits per heavy atom. The number of hydrogen-bond donors (Lipinski definition) is 0. The first-order valence-corrected chi connectivity index (χ1v) is 4.13. The van der Waals surface area contributed by atoms with Gasteiger partial charge in [-0.2, -0.15) is 0 Å². The van der Waals surface area contributed by atoms with E-state index in [4.69, 9.17) is 11.6 Å². The smallest absolute Gasteiger partial charge is 0.0832 e. The number of rotatable bonds is 0. The summed E-state index contributed by atoms with van der Waals surface area (Å²) in [5.41, 5.74) is 2.25. The fourth-order valence-electron chi connectivity index (χ4n) is 1.40. The molecule has 0 bridgehead atoms. The minimum atomic E-state index is 0.711. The Labute approximate surface area is 75.8 Å². The molecule has 0 aliphatic carbocycles. The first-order valence-electron chi connectivity index (χ1n) is 3.75. The molecule has 0 atom stereocenters. The van der Waals surface area contributed by atoms with E-state index in [1.807, 2.05) is 13.2 Å². The van der Waals surface area contributed by atoms with Crippen molar-refractivity contribution < 1.29 is 0 Å². The van der Waals surface area contributed by atoms with Gasteiger partial charge >= 0.3 is 0 Å². The van der Waals surface area contributed by atoms with Crippen LogP contribution < -0.4 is 0 Å². The number of hydrogen-bond acceptors (Lipinski definition) is 1. The second-order valence-electron chi connectivity index (χ2n) is 2.90. The Balaban J connectivity index is 2.97. The van der Waals surface area contributed by atoms with Crippen molar-refractivity contribution in [2.24, 2.45) is 7.05 Å². The zero-order valence-electron chi connectivity index (χ0n) is 7.00. The summed E-state index contributed by atoms with van der Waals surface area (Å²) in [4.78, 5) is 4.02. The zero-order chi connectivity index (χ0) is 8.72. The number of nitrogens with zero attached hydrogens (tertiary/aromatic N) is 2. The molecule has 62 valence electrons. The van der Waals surface area contributed by atoms with Crippen molar-refractivity contribution in [2.75, 3.05) is 0 Å². The molecule has 2 heterocycles. The second-order valence-corrected chi connectivity index (χ2v) is 3.31. The third kappa shape index (κ3) is 0.916. The van der Waals surface area contributed by atoms with E-state index in [1.54, 1.807) is 6.20 Å². The summed E-state index contributed by atoms with van der Waals surface area (Å²) < 4.78 is 2.07. The molecule has 2 rings (SSSR count). The molecule has 0 amide bonds. The Morgan fingerprint density at radius 3 is 2.83 bits per heavy atom. The largest absolute Gasteiger partial charge is 0.347 e. The fourth-order valence-corrected chi connectivity index (χ4v) is 1.69. The molecule has 0 N–H and O–H groups in total. The molecule has 0 aliphatic heterocycles. The lowest BCUT2D eigenvalue weighted by atomic mass is 10.3. The summed E-state index contributed by atoms with van der Waals surface area (Å²) in [7, 11) is 2.00. The molecule has 0 spiro atoms. The third-order valence-electron chi connectivity index (χ3n) is 2.13. The van der Waals surface area contributed by atoms with Gasteiger partial charge < -0.3 is 4.57 Å². The van der Waals surface area contributed by atoms with Crippen LogP contribution in [0.5, 0.6) is 0 Å². The van der Waals surface area contributed by atoms with Crippen LogP contribution in [0.25, 0.3) is 10.9 Å². The molecule has 0 aromatic carbocycles. The topological polar surface area (TPSA) is 17.8 Å². The molecule has 12 heavy (non-hydrogen) atoms. The highest BCUT2D eigenvalue weighted by Crippen LogP contribution is 2.24. The Morgan fingerprint density at radius 1 is 1.42 bits per heavy atom. The highest BCUT2D eigenvalue weighted by Gasteiger charge is 2.05. The monoisotopic (exact) mass is 180 g/mol. The molecule has 2 nitrogen and oxygen atoms in total. The van der Waals surface area contributed by atoms with Crippen LogP contribution in [0.4, 0.5) is 0 Å². The van der Waals surface area contributed by atoms with E-state index in [0.29, 0.717) is 5.02 Å². The van der Waals surface area contributed by atoms with Gasteiger partial charge in [0, 0.05) is 30.5 Å². The zero-order valence-corrected chi connectivity index (χ0v) is 7.76. The lowest BCUT2D eigenvalue weighted by Crippen LogP contribution is -1.89. The van der Waals surface area contributed by atoms with Crippen LogP contribution in [-0.2, 0) is 7.05 Å². The van der Waals surface area contributed by atoms with Gasteiger partial charge in [-0.05, 0) is 13.0 Å². The molecule has 2 aromatic rings. The summed E-state index contributed by atoms with van der Waals surface area (Å²) >= 11 is 5.99. The lowest BCUT2D eigenvalue weighted by molar-refractivity contribution is 0.917. The van der Waals surface area contributed by atoms with Crippen LogP contribution >= 0.6 is 11.6 Å². The van der Waals surface area contributed by atoms with Crippen molar-refractivity contribution in [3.05, 3.63) is 29.2 Å². The van der Waals surface area contributed by atoms with Crippen LogP contribution in [0.3, 0.4) is 0 Å². The molecular formula is C9H9ClN2. The summed E-state index contributed by atoms with van der Waals surface area (Å²) in [5, 5.41) is 1.81. The number of pyridine rings is 1. The van der Waals surface area contributed by atoms with Gasteiger partial charge in [0.2, 0.25) is 0 Å². The number of fused-ring (bicyclic) bond motifs is 1. The molecule has 0 saturated carbocycles. The van der Waals surface area contributed by atoms with Crippen LogP contribution in [0.1, 0.15) is 5.69 Å². The maximum atomic E-state index is 5.99. The molecular weight excluding hydrogens is 172 g/mol. The predicted molar refractivity (Wildman–Crippen MR) is 50.5 cm³/mol. The van der Waals surface area contributed by atoms with Crippen LogP contribution in [0.15, 0.2) is 18.5 Å². The standard InChI is InChI=1S/C9H9ClN2/c1-6-3-7-4-11-5-8(10)9(7)12(6)2/h3-5H,1-2H3. The maximum Gasteiger partial charge on any atom is 0.0832 e. The SMILES string of the molecule is Cc1cc2cncc(Cl)c2n1C. The van der Waals surface area contributed by atoms with Crippen molar-refractivity contribution in [3.8, 4) is 0 Å². The van der Waals surface area contributed by atoms with Crippen LogP contribution in [-0.4, -0.2) is 9.55 Å². The minimum Gasteiger partial charge on any atom is -0.347 e. The first-order chi connectivity index (χ1) is 5.70. The quantitative estimate of drug-likeness (QED) is 0.609.